The number of benzene rings is 2. The predicted molar refractivity (Wildman–Crippen MR) is 99.3 cm³/mol. The summed E-state index contributed by atoms with van der Waals surface area (Å²) in [4.78, 5) is 20.3. The van der Waals surface area contributed by atoms with Crippen molar-refractivity contribution in [3.8, 4) is 0 Å². The third kappa shape index (κ3) is 4.68. The van der Waals surface area contributed by atoms with Crippen molar-refractivity contribution in [3.05, 3.63) is 82.0 Å². The molecule has 0 unspecified atom stereocenters. The molecule has 26 heavy (non-hydrogen) atoms. The fraction of sp³-hybridized carbons (Fsp3) is 0.0556. The minimum Gasteiger partial charge on any atom is -0.347 e. The van der Waals surface area contributed by atoms with Crippen LogP contribution in [0.5, 0.6) is 0 Å². The van der Waals surface area contributed by atoms with Gasteiger partial charge in [0.05, 0.1) is 10.7 Å². The number of nitrogens with one attached hydrogen (secondary N) is 2. The van der Waals surface area contributed by atoms with Gasteiger partial charge in [-0.2, -0.15) is 0 Å². The topological polar surface area (TPSA) is 66.9 Å². The first-order valence-corrected chi connectivity index (χ1v) is 8.33. The van der Waals surface area contributed by atoms with Gasteiger partial charge in [-0.05, 0) is 35.9 Å². The maximum absolute atomic E-state index is 12.9. The van der Waals surface area contributed by atoms with E-state index < -0.39 is 0 Å². The molecule has 2 N–H and O–H groups in total. The maximum atomic E-state index is 12.9. The lowest BCUT2D eigenvalue weighted by Crippen LogP contribution is -2.24. The van der Waals surface area contributed by atoms with Gasteiger partial charge in [0, 0.05) is 17.6 Å². The highest BCUT2D eigenvalue weighted by molar-refractivity contribution is 6.35. The maximum Gasteiger partial charge on any atom is 0.270 e. The molecule has 8 heteroatoms. The number of hydrogen-bond donors (Lipinski definition) is 2. The van der Waals surface area contributed by atoms with Gasteiger partial charge in [0.1, 0.15) is 23.7 Å². The van der Waals surface area contributed by atoms with E-state index in [1.54, 1.807) is 30.3 Å². The molecule has 0 aliphatic heterocycles. The number of amides is 1. The van der Waals surface area contributed by atoms with Crippen molar-refractivity contribution in [1.29, 1.82) is 0 Å². The summed E-state index contributed by atoms with van der Waals surface area (Å²) >= 11 is 12.1. The van der Waals surface area contributed by atoms with Gasteiger partial charge in [0.15, 0.2) is 0 Å². The second-order valence-electron chi connectivity index (χ2n) is 5.35. The standard InChI is InChI=1S/C18H13Cl2FN4O/c19-12-3-6-14(20)15(7-12)25-17-8-16(23-10-24-17)18(26)22-9-11-1-4-13(21)5-2-11/h1-8,10H,9H2,(H,22,26)(H,23,24,25). The molecule has 0 radical (unpaired) electrons. The molecule has 0 aliphatic carbocycles. The van der Waals surface area contributed by atoms with E-state index in [2.05, 4.69) is 20.6 Å². The van der Waals surface area contributed by atoms with Gasteiger partial charge < -0.3 is 10.6 Å². The normalized spacial score (nSPS) is 10.4. The van der Waals surface area contributed by atoms with Gasteiger partial charge >= 0.3 is 0 Å². The largest absolute Gasteiger partial charge is 0.347 e. The fourth-order valence-corrected chi connectivity index (χ4v) is 2.49. The highest BCUT2D eigenvalue weighted by Gasteiger charge is 2.10. The van der Waals surface area contributed by atoms with Gasteiger partial charge in [-0.25, -0.2) is 14.4 Å². The number of rotatable bonds is 5. The van der Waals surface area contributed by atoms with Crippen molar-refractivity contribution < 1.29 is 9.18 Å². The van der Waals surface area contributed by atoms with E-state index in [0.717, 1.165) is 5.56 Å². The lowest BCUT2D eigenvalue weighted by Gasteiger charge is -2.09. The van der Waals surface area contributed by atoms with Crippen LogP contribution in [0.15, 0.2) is 54.9 Å². The molecule has 0 fully saturated rings. The Labute approximate surface area is 159 Å². The molecule has 2 aromatic carbocycles. The molecule has 0 spiro atoms. The SMILES string of the molecule is O=C(NCc1ccc(F)cc1)c1cc(Nc2cc(Cl)ccc2Cl)ncn1. The zero-order valence-corrected chi connectivity index (χ0v) is 14.9. The van der Waals surface area contributed by atoms with Crippen LogP contribution in [0, 0.1) is 5.82 Å². The first kappa shape index (κ1) is 18.1. The quantitative estimate of drug-likeness (QED) is 0.668. The van der Waals surface area contributed by atoms with Gasteiger partial charge in [-0.15, -0.1) is 0 Å². The Bertz CT molecular complexity index is 935. The molecule has 132 valence electrons. The molecular weight excluding hydrogens is 378 g/mol. The molecule has 1 heterocycles. The minimum atomic E-state index is -0.378. The number of carbonyl (C=O) groups excluding carboxylic acids is 1. The van der Waals surface area contributed by atoms with Gasteiger partial charge in [-0.3, -0.25) is 4.79 Å². The van der Waals surface area contributed by atoms with Crippen LogP contribution in [-0.4, -0.2) is 15.9 Å². The van der Waals surface area contributed by atoms with E-state index in [1.165, 1.54) is 24.5 Å². The van der Waals surface area contributed by atoms with Crippen LogP contribution in [0.2, 0.25) is 10.0 Å². The molecule has 1 aromatic heterocycles. The second-order valence-corrected chi connectivity index (χ2v) is 6.19. The monoisotopic (exact) mass is 390 g/mol. The molecule has 5 nitrogen and oxygen atoms in total. The highest BCUT2D eigenvalue weighted by atomic mass is 35.5. The van der Waals surface area contributed by atoms with Gasteiger partial charge in [0.25, 0.3) is 5.91 Å². The van der Waals surface area contributed by atoms with E-state index in [4.69, 9.17) is 23.2 Å². The number of halogens is 3. The Balaban J connectivity index is 1.69. The molecule has 0 aliphatic rings. The average Bonchev–Trinajstić information content (AvgIpc) is 2.64. The van der Waals surface area contributed by atoms with Crippen LogP contribution in [0.4, 0.5) is 15.9 Å². The van der Waals surface area contributed by atoms with Crippen LogP contribution in [-0.2, 0) is 6.54 Å². The Morgan fingerprint density at radius 2 is 1.81 bits per heavy atom. The lowest BCUT2D eigenvalue weighted by molar-refractivity contribution is 0.0946. The van der Waals surface area contributed by atoms with Crippen LogP contribution in [0.25, 0.3) is 0 Å². The van der Waals surface area contributed by atoms with E-state index in [0.29, 0.717) is 21.6 Å². The number of hydrogen-bond acceptors (Lipinski definition) is 4. The summed E-state index contributed by atoms with van der Waals surface area (Å²) in [5.74, 6) is -0.306. The molecule has 1 amide bonds. The van der Waals surface area contributed by atoms with Gasteiger partial charge in [0.2, 0.25) is 0 Å². The van der Waals surface area contributed by atoms with Crippen molar-refractivity contribution in [2.45, 2.75) is 6.54 Å². The van der Waals surface area contributed by atoms with Crippen LogP contribution >= 0.6 is 23.2 Å². The zero-order chi connectivity index (χ0) is 18.5. The smallest absolute Gasteiger partial charge is 0.270 e. The number of nitrogens with zero attached hydrogens (tertiary/aromatic N) is 2. The predicted octanol–water partition coefficient (Wildman–Crippen LogP) is 4.60. The van der Waals surface area contributed by atoms with E-state index in [-0.39, 0.29) is 24.0 Å². The first-order valence-electron chi connectivity index (χ1n) is 7.58. The zero-order valence-electron chi connectivity index (χ0n) is 13.3. The van der Waals surface area contributed by atoms with Crippen molar-refractivity contribution in [2.75, 3.05) is 5.32 Å². The Morgan fingerprint density at radius 3 is 2.58 bits per heavy atom. The van der Waals surface area contributed by atoms with E-state index in [9.17, 15) is 9.18 Å². The van der Waals surface area contributed by atoms with E-state index in [1.807, 2.05) is 0 Å². The summed E-state index contributed by atoms with van der Waals surface area (Å²) in [6, 6.07) is 12.4. The van der Waals surface area contributed by atoms with Crippen molar-refractivity contribution in [2.24, 2.45) is 0 Å². The summed E-state index contributed by atoms with van der Waals surface area (Å²) in [6.45, 7) is 0.256. The number of carbonyl (C=O) groups is 1. The molecule has 0 atom stereocenters. The Kier molecular flexibility index (Phi) is 5.65. The summed E-state index contributed by atoms with van der Waals surface area (Å²) in [5.41, 5.74) is 1.52. The third-order valence-corrected chi connectivity index (χ3v) is 4.02. The summed E-state index contributed by atoms with van der Waals surface area (Å²) in [5, 5.41) is 6.70. The van der Waals surface area contributed by atoms with Gasteiger partial charge in [-0.1, -0.05) is 35.3 Å². The second kappa shape index (κ2) is 8.12. The number of anilines is 2. The van der Waals surface area contributed by atoms with E-state index >= 15 is 0 Å². The third-order valence-electron chi connectivity index (χ3n) is 3.46. The van der Waals surface area contributed by atoms with Crippen LogP contribution < -0.4 is 10.6 Å². The first-order chi connectivity index (χ1) is 12.5. The summed E-state index contributed by atoms with van der Waals surface area (Å²) < 4.78 is 12.9. The Morgan fingerprint density at radius 1 is 1.04 bits per heavy atom. The molecular formula is C18H13Cl2FN4O. The molecule has 0 bridgehead atoms. The minimum absolute atomic E-state index is 0.183. The summed E-state index contributed by atoms with van der Waals surface area (Å²) in [7, 11) is 0. The van der Waals surface area contributed by atoms with Crippen molar-refractivity contribution in [1.82, 2.24) is 15.3 Å². The summed E-state index contributed by atoms with van der Waals surface area (Å²) in [6.07, 6.45) is 1.27. The van der Waals surface area contributed by atoms with Crippen LogP contribution in [0.1, 0.15) is 16.1 Å². The number of aromatic nitrogens is 2. The Hall–Kier alpha value is -2.70. The average molecular weight is 391 g/mol. The molecule has 0 saturated carbocycles. The molecule has 0 saturated heterocycles. The fourth-order valence-electron chi connectivity index (χ4n) is 2.16. The highest BCUT2D eigenvalue weighted by Crippen LogP contribution is 2.27. The van der Waals surface area contributed by atoms with Crippen LogP contribution in [0.3, 0.4) is 0 Å². The van der Waals surface area contributed by atoms with Crippen molar-refractivity contribution in [3.63, 3.8) is 0 Å². The lowest BCUT2D eigenvalue weighted by atomic mass is 10.2. The molecule has 3 aromatic rings. The molecule has 3 rings (SSSR count). The van der Waals surface area contributed by atoms with Crippen molar-refractivity contribution >= 4 is 40.6 Å².